The topological polar surface area (TPSA) is 12.0 Å². The summed E-state index contributed by atoms with van der Waals surface area (Å²) in [6.07, 6.45) is 11.6. The Bertz CT molecular complexity index is 427. The van der Waals surface area contributed by atoms with Crippen LogP contribution < -0.4 is 5.32 Å². The first-order valence-corrected chi connectivity index (χ1v) is 9.28. The van der Waals surface area contributed by atoms with Crippen molar-refractivity contribution in [3.05, 3.63) is 24.3 Å². The number of hydrogen-bond donors (Lipinski definition) is 1. The highest BCUT2D eigenvalue weighted by Crippen LogP contribution is 2.49. The number of para-hydroxylation sites is 1. The van der Waals surface area contributed by atoms with E-state index in [-0.39, 0.29) is 0 Å². The molecule has 3 rings (SSSR count). The van der Waals surface area contributed by atoms with Crippen LogP contribution in [0.5, 0.6) is 0 Å². The highest BCUT2D eigenvalue weighted by Gasteiger charge is 2.37. The monoisotopic (exact) mass is 289 g/mol. The summed E-state index contributed by atoms with van der Waals surface area (Å²) < 4.78 is 0. The Balaban J connectivity index is 1.59. The minimum absolute atomic E-state index is 0.694. The van der Waals surface area contributed by atoms with Gasteiger partial charge >= 0.3 is 0 Å². The lowest BCUT2D eigenvalue weighted by atomic mass is 9.71. The van der Waals surface area contributed by atoms with Crippen LogP contribution in [0.3, 0.4) is 0 Å². The zero-order valence-corrected chi connectivity index (χ0v) is 13.5. The molecule has 1 nitrogen and oxygen atoms in total. The second-order valence-electron chi connectivity index (χ2n) is 6.55. The number of hydrogen-bond acceptors (Lipinski definition) is 2. The van der Waals surface area contributed by atoms with E-state index in [1.807, 2.05) is 11.8 Å². The molecule has 0 saturated heterocycles. The van der Waals surface area contributed by atoms with Crippen molar-refractivity contribution in [2.45, 2.75) is 69.2 Å². The van der Waals surface area contributed by atoms with Gasteiger partial charge < -0.3 is 5.32 Å². The first-order valence-electron chi connectivity index (χ1n) is 8.30. The predicted molar refractivity (Wildman–Crippen MR) is 89.6 cm³/mol. The quantitative estimate of drug-likeness (QED) is 0.712. The van der Waals surface area contributed by atoms with Gasteiger partial charge in [0.15, 0.2) is 0 Å². The third-order valence-corrected chi connectivity index (χ3v) is 6.21. The highest BCUT2D eigenvalue weighted by atomic mass is 32.2. The van der Waals surface area contributed by atoms with Crippen LogP contribution in [0.2, 0.25) is 0 Å². The van der Waals surface area contributed by atoms with E-state index < -0.39 is 0 Å². The molecule has 0 aliphatic heterocycles. The minimum atomic E-state index is 0.694. The Morgan fingerprint density at radius 2 is 1.80 bits per heavy atom. The summed E-state index contributed by atoms with van der Waals surface area (Å²) in [5, 5.41) is 3.82. The van der Waals surface area contributed by atoms with Gasteiger partial charge in [0.25, 0.3) is 0 Å². The molecule has 2 aliphatic rings. The largest absolute Gasteiger partial charge is 0.381 e. The molecule has 0 amide bonds. The summed E-state index contributed by atoms with van der Waals surface area (Å²) in [6.45, 7) is 2.23. The normalized spacial score (nSPS) is 22.2. The van der Waals surface area contributed by atoms with Gasteiger partial charge in [-0.05, 0) is 61.8 Å². The Kier molecular flexibility index (Phi) is 4.60. The van der Waals surface area contributed by atoms with Gasteiger partial charge in [0.05, 0.1) is 0 Å². The Morgan fingerprint density at radius 3 is 2.50 bits per heavy atom. The molecule has 1 aromatic carbocycles. The molecule has 0 radical (unpaired) electrons. The molecule has 1 N–H and O–H groups in total. The van der Waals surface area contributed by atoms with Crippen LogP contribution in [0.15, 0.2) is 29.2 Å². The fourth-order valence-electron chi connectivity index (χ4n) is 4.09. The molecule has 20 heavy (non-hydrogen) atoms. The molecule has 2 saturated carbocycles. The molecular formula is C18H27NS. The van der Waals surface area contributed by atoms with Crippen molar-refractivity contribution in [1.29, 1.82) is 0 Å². The molecule has 1 aromatic rings. The fraction of sp³-hybridized carbons (Fsp3) is 0.667. The molecule has 0 bridgehead atoms. The molecule has 2 heteroatoms. The van der Waals surface area contributed by atoms with Gasteiger partial charge in [-0.2, -0.15) is 0 Å². The van der Waals surface area contributed by atoms with E-state index in [0.29, 0.717) is 6.04 Å². The molecule has 0 aromatic heterocycles. The Hall–Kier alpha value is -0.630. The van der Waals surface area contributed by atoms with Crippen molar-refractivity contribution in [3.63, 3.8) is 0 Å². The van der Waals surface area contributed by atoms with Crippen LogP contribution in [0.4, 0.5) is 5.69 Å². The van der Waals surface area contributed by atoms with E-state index in [4.69, 9.17) is 0 Å². The molecule has 2 aliphatic carbocycles. The van der Waals surface area contributed by atoms with E-state index in [1.54, 1.807) is 0 Å². The lowest BCUT2D eigenvalue weighted by molar-refractivity contribution is 0.188. The molecular weight excluding hydrogens is 262 g/mol. The van der Waals surface area contributed by atoms with Gasteiger partial charge in [0.1, 0.15) is 0 Å². The molecule has 2 fully saturated rings. The number of anilines is 1. The average molecular weight is 289 g/mol. The predicted octanol–water partition coefficient (Wildman–Crippen LogP) is 5.71. The van der Waals surface area contributed by atoms with Crippen molar-refractivity contribution in [2.75, 3.05) is 11.1 Å². The summed E-state index contributed by atoms with van der Waals surface area (Å²) in [7, 11) is 0. The van der Waals surface area contributed by atoms with Gasteiger partial charge in [-0.3, -0.25) is 0 Å². The number of rotatable bonds is 4. The van der Waals surface area contributed by atoms with E-state index in [1.165, 1.54) is 61.9 Å². The highest BCUT2D eigenvalue weighted by molar-refractivity contribution is 7.99. The summed E-state index contributed by atoms with van der Waals surface area (Å²) in [5.41, 5.74) is 2.10. The van der Waals surface area contributed by atoms with Crippen molar-refractivity contribution >= 4 is 17.4 Å². The standard InChI is InChI=1S/C18H27NS/c1-2-20-17-8-4-3-7-16(17)19-15-9-13-18(14-10-15)11-5-6-12-18/h3-4,7-8,15,19H,2,5-6,9-14H2,1H3. The first kappa shape index (κ1) is 14.3. The summed E-state index contributed by atoms with van der Waals surface area (Å²) in [5.74, 6) is 1.15. The van der Waals surface area contributed by atoms with Crippen molar-refractivity contribution < 1.29 is 0 Å². The molecule has 1 spiro atoms. The number of benzene rings is 1. The zero-order chi connectivity index (χ0) is 13.8. The third-order valence-electron chi connectivity index (χ3n) is 5.26. The van der Waals surface area contributed by atoms with Gasteiger partial charge in [-0.25, -0.2) is 0 Å². The Morgan fingerprint density at radius 1 is 1.10 bits per heavy atom. The van der Waals surface area contributed by atoms with Gasteiger partial charge in [-0.1, -0.05) is 31.9 Å². The number of nitrogens with one attached hydrogen (secondary N) is 1. The molecule has 0 unspecified atom stereocenters. The minimum Gasteiger partial charge on any atom is -0.381 e. The van der Waals surface area contributed by atoms with Crippen molar-refractivity contribution in [1.82, 2.24) is 0 Å². The zero-order valence-electron chi connectivity index (χ0n) is 12.7. The smallest absolute Gasteiger partial charge is 0.0480 e. The van der Waals surface area contributed by atoms with Crippen LogP contribution in [0.1, 0.15) is 58.3 Å². The van der Waals surface area contributed by atoms with Gasteiger partial charge in [0, 0.05) is 16.6 Å². The van der Waals surface area contributed by atoms with Crippen molar-refractivity contribution in [3.8, 4) is 0 Å². The van der Waals surface area contributed by atoms with Crippen molar-refractivity contribution in [2.24, 2.45) is 5.41 Å². The van der Waals surface area contributed by atoms with Crippen LogP contribution in [-0.4, -0.2) is 11.8 Å². The summed E-state index contributed by atoms with van der Waals surface area (Å²) in [4.78, 5) is 1.41. The maximum Gasteiger partial charge on any atom is 0.0480 e. The van der Waals surface area contributed by atoms with E-state index in [9.17, 15) is 0 Å². The van der Waals surface area contributed by atoms with Gasteiger partial charge in [-0.15, -0.1) is 11.8 Å². The summed E-state index contributed by atoms with van der Waals surface area (Å²) in [6, 6.07) is 9.50. The maximum absolute atomic E-state index is 3.82. The summed E-state index contributed by atoms with van der Waals surface area (Å²) >= 11 is 1.95. The van der Waals surface area contributed by atoms with E-state index in [2.05, 4.69) is 36.5 Å². The maximum atomic E-state index is 3.82. The van der Waals surface area contributed by atoms with E-state index in [0.717, 1.165) is 11.2 Å². The van der Waals surface area contributed by atoms with Crippen LogP contribution in [0, 0.1) is 5.41 Å². The lowest BCUT2D eigenvalue weighted by Crippen LogP contribution is -2.31. The lowest BCUT2D eigenvalue weighted by Gasteiger charge is -2.38. The molecule has 0 heterocycles. The second kappa shape index (κ2) is 6.43. The molecule has 110 valence electrons. The van der Waals surface area contributed by atoms with Crippen LogP contribution >= 0.6 is 11.8 Å². The SMILES string of the molecule is CCSc1ccccc1NC1CCC2(CCCC2)CC1. The average Bonchev–Trinajstić information content (AvgIpc) is 2.92. The van der Waals surface area contributed by atoms with E-state index >= 15 is 0 Å². The first-order chi connectivity index (χ1) is 9.81. The Labute approximate surface area is 127 Å². The fourth-order valence-corrected chi connectivity index (χ4v) is 4.85. The van der Waals surface area contributed by atoms with Crippen LogP contribution in [-0.2, 0) is 0 Å². The molecule has 0 atom stereocenters. The third kappa shape index (κ3) is 3.16. The van der Waals surface area contributed by atoms with Gasteiger partial charge in [0.2, 0.25) is 0 Å². The van der Waals surface area contributed by atoms with Crippen LogP contribution in [0.25, 0.3) is 0 Å². The number of thioether (sulfide) groups is 1. The second-order valence-corrected chi connectivity index (χ2v) is 7.86.